The average Bonchev–Trinajstić information content (AvgIpc) is 3.47. The van der Waals surface area contributed by atoms with Crippen molar-refractivity contribution in [2.75, 3.05) is 25.5 Å². The number of sulfone groups is 1. The maximum Gasteiger partial charge on any atom is 0.252 e. The number of halogens is 1. The second-order valence-electron chi connectivity index (χ2n) is 10.7. The van der Waals surface area contributed by atoms with Crippen molar-refractivity contribution in [3.8, 4) is 5.75 Å². The first-order valence-corrected chi connectivity index (χ1v) is 16.8. The number of ether oxygens (including phenoxy) is 2. The van der Waals surface area contributed by atoms with Gasteiger partial charge in [-0.25, -0.2) is 13.4 Å². The molecule has 1 aliphatic heterocycles. The molecule has 0 spiro atoms. The van der Waals surface area contributed by atoms with Crippen molar-refractivity contribution >= 4 is 33.2 Å². The van der Waals surface area contributed by atoms with E-state index in [2.05, 4.69) is 5.32 Å². The minimum Gasteiger partial charge on any atom is -0.494 e. The van der Waals surface area contributed by atoms with Gasteiger partial charge in [-0.05, 0) is 60.0 Å². The molecule has 1 aliphatic rings. The van der Waals surface area contributed by atoms with E-state index in [4.69, 9.17) is 31.2 Å². The van der Waals surface area contributed by atoms with Crippen LogP contribution in [0.4, 0.5) is 0 Å². The van der Waals surface area contributed by atoms with Crippen LogP contribution in [-0.4, -0.2) is 56.4 Å². The van der Waals surface area contributed by atoms with Crippen LogP contribution in [0.15, 0.2) is 119 Å². The molecule has 10 heteroatoms. The molecule has 4 aromatic carbocycles. The van der Waals surface area contributed by atoms with Crippen molar-refractivity contribution < 1.29 is 27.8 Å². The number of nitrogens with one attached hydrogen (secondary N) is 1. The normalized spacial score (nSPS) is 17.7. The Morgan fingerprint density at radius 1 is 0.933 bits per heavy atom. The van der Waals surface area contributed by atoms with Crippen LogP contribution in [0.5, 0.6) is 5.75 Å². The van der Waals surface area contributed by atoms with Gasteiger partial charge < -0.3 is 19.9 Å². The highest BCUT2D eigenvalue weighted by Crippen LogP contribution is 2.43. The summed E-state index contributed by atoms with van der Waals surface area (Å²) in [5, 5.41) is 12.6. The average molecular weight is 647 g/mol. The van der Waals surface area contributed by atoms with Crippen LogP contribution in [0.2, 0.25) is 5.02 Å². The van der Waals surface area contributed by atoms with E-state index in [1.165, 1.54) is 0 Å². The zero-order chi connectivity index (χ0) is 31.7. The predicted octanol–water partition coefficient (Wildman–Crippen LogP) is 5.58. The molecule has 0 saturated heterocycles. The second-order valence-corrected chi connectivity index (χ2v) is 13.2. The summed E-state index contributed by atoms with van der Waals surface area (Å²) < 4.78 is 39.1. The first-order chi connectivity index (χ1) is 21.8. The lowest BCUT2D eigenvalue weighted by Crippen LogP contribution is -2.49. The number of aliphatic hydroxyl groups excluding tert-OH is 1. The SMILES string of the molecule is O=C(NCCc1ccccc1Cl)[C@]1(CCS(=O)(=O)c2ccccc2)N=C(c2ccc(OCCCO)cc2)O[C@@H]1c1ccccc1. The number of aliphatic imine (C=N–C) groups is 1. The minimum atomic E-state index is -3.75. The standard InChI is InChI=1S/C35H35ClN2O6S/c36-31-15-8-7-10-26(31)20-22-37-34(40)35(21-25-45(41,42)30-13-5-2-6-14-30)32(27-11-3-1-4-12-27)44-33(38-35)28-16-18-29(19-17-28)43-24-9-23-39/h1-8,10-19,32,39H,9,20-25H2,(H,37,40)/t32-,35-/m1/s1. The molecule has 0 fully saturated rings. The summed E-state index contributed by atoms with van der Waals surface area (Å²) in [5.41, 5.74) is 0.601. The molecule has 4 aromatic rings. The Kier molecular flexibility index (Phi) is 10.5. The Bertz CT molecular complexity index is 1720. The number of rotatable bonds is 14. The van der Waals surface area contributed by atoms with Gasteiger partial charge in [0.1, 0.15) is 5.75 Å². The number of nitrogens with zero attached hydrogens (tertiary/aromatic N) is 1. The van der Waals surface area contributed by atoms with Gasteiger partial charge in [0.2, 0.25) is 5.90 Å². The maximum absolute atomic E-state index is 14.3. The predicted molar refractivity (Wildman–Crippen MR) is 174 cm³/mol. The van der Waals surface area contributed by atoms with Crippen molar-refractivity contribution in [3.05, 3.63) is 131 Å². The lowest BCUT2D eigenvalue weighted by Gasteiger charge is -2.30. The lowest BCUT2D eigenvalue weighted by molar-refractivity contribution is -0.129. The Morgan fingerprint density at radius 2 is 1.60 bits per heavy atom. The number of hydrogen-bond donors (Lipinski definition) is 2. The van der Waals surface area contributed by atoms with Gasteiger partial charge >= 0.3 is 0 Å². The van der Waals surface area contributed by atoms with Crippen molar-refractivity contribution in [1.82, 2.24) is 5.32 Å². The number of aliphatic hydroxyl groups is 1. The van der Waals surface area contributed by atoms with Crippen LogP contribution in [0.3, 0.4) is 0 Å². The van der Waals surface area contributed by atoms with E-state index in [0.717, 1.165) is 5.56 Å². The summed E-state index contributed by atoms with van der Waals surface area (Å²) in [6.07, 6.45) is -0.0146. The van der Waals surface area contributed by atoms with Gasteiger partial charge in [-0.3, -0.25) is 4.79 Å². The molecule has 1 heterocycles. The summed E-state index contributed by atoms with van der Waals surface area (Å²) in [5.74, 6) is 0.0773. The van der Waals surface area contributed by atoms with Crippen LogP contribution >= 0.6 is 11.6 Å². The molecule has 2 atom stereocenters. The smallest absolute Gasteiger partial charge is 0.252 e. The molecule has 0 aromatic heterocycles. The van der Waals surface area contributed by atoms with E-state index in [-0.39, 0.29) is 36.1 Å². The number of hydrogen-bond acceptors (Lipinski definition) is 7. The first kappa shape index (κ1) is 32.2. The molecule has 2 N–H and O–H groups in total. The van der Waals surface area contributed by atoms with Crippen LogP contribution < -0.4 is 10.1 Å². The molecule has 45 heavy (non-hydrogen) atoms. The highest BCUT2D eigenvalue weighted by Gasteiger charge is 2.53. The van der Waals surface area contributed by atoms with E-state index in [9.17, 15) is 13.2 Å². The fourth-order valence-corrected chi connectivity index (χ4v) is 6.82. The number of carbonyl (C=O) groups is 1. The summed E-state index contributed by atoms with van der Waals surface area (Å²) >= 11 is 6.35. The fraction of sp³-hybridized carbons (Fsp3) is 0.257. The molecule has 8 nitrogen and oxygen atoms in total. The largest absolute Gasteiger partial charge is 0.494 e. The van der Waals surface area contributed by atoms with Crippen LogP contribution in [0, 0.1) is 0 Å². The Hall–Kier alpha value is -4.18. The van der Waals surface area contributed by atoms with Gasteiger partial charge in [0.05, 0.1) is 17.3 Å². The third-order valence-electron chi connectivity index (χ3n) is 7.62. The Labute approximate surface area is 268 Å². The fourth-order valence-electron chi connectivity index (χ4n) is 5.20. The molecule has 234 valence electrons. The Morgan fingerprint density at radius 3 is 2.29 bits per heavy atom. The molecule has 0 radical (unpaired) electrons. The van der Waals surface area contributed by atoms with Crippen molar-refractivity contribution in [3.63, 3.8) is 0 Å². The summed E-state index contributed by atoms with van der Waals surface area (Å²) in [6.45, 7) is 0.671. The third kappa shape index (κ3) is 7.73. The third-order valence-corrected chi connectivity index (χ3v) is 9.72. The zero-order valence-electron chi connectivity index (χ0n) is 24.6. The second kappa shape index (κ2) is 14.7. The van der Waals surface area contributed by atoms with Gasteiger partial charge in [-0.15, -0.1) is 0 Å². The van der Waals surface area contributed by atoms with Gasteiger partial charge in [0.15, 0.2) is 21.5 Å². The first-order valence-electron chi connectivity index (χ1n) is 14.8. The molecule has 0 unspecified atom stereocenters. The maximum atomic E-state index is 14.3. The van der Waals surface area contributed by atoms with Crippen LogP contribution in [0.25, 0.3) is 0 Å². The zero-order valence-corrected chi connectivity index (χ0v) is 26.2. The molecule has 0 aliphatic carbocycles. The van der Waals surface area contributed by atoms with E-state index in [1.54, 1.807) is 60.7 Å². The topological polar surface area (TPSA) is 114 Å². The molecular formula is C35H35ClN2O6S. The van der Waals surface area contributed by atoms with Gasteiger partial charge in [0, 0.05) is 36.6 Å². The number of benzene rings is 4. The van der Waals surface area contributed by atoms with Crippen LogP contribution in [0.1, 0.15) is 35.6 Å². The van der Waals surface area contributed by atoms with E-state index < -0.39 is 27.4 Å². The van der Waals surface area contributed by atoms with Gasteiger partial charge in [-0.2, -0.15) is 0 Å². The molecule has 0 saturated carbocycles. The van der Waals surface area contributed by atoms with Crippen molar-refractivity contribution in [2.45, 2.75) is 35.8 Å². The molecule has 0 bridgehead atoms. The molecule has 5 rings (SSSR count). The minimum absolute atomic E-state index is 0.0339. The summed E-state index contributed by atoms with van der Waals surface area (Å²) in [4.78, 5) is 19.4. The highest BCUT2D eigenvalue weighted by molar-refractivity contribution is 7.91. The van der Waals surface area contributed by atoms with E-state index in [0.29, 0.717) is 41.3 Å². The summed E-state index contributed by atoms with van der Waals surface area (Å²) in [6, 6.07) is 31.9. The highest BCUT2D eigenvalue weighted by atomic mass is 35.5. The van der Waals surface area contributed by atoms with E-state index in [1.807, 2.05) is 48.5 Å². The molecule has 1 amide bonds. The molecular weight excluding hydrogens is 612 g/mol. The van der Waals surface area contributed by atoms with E-state index >= 15 is 0 Å². The van der Waals surface area contributed by atoms with Crippen molar-refractivity contribution in [2.24, 2.45) is 4.99 Å². The Balaban J connectivity index is 1.50. The van der Waals surface area contributed by atoms with Gasteiger partial charge in [0.25, 0.3) is 5.91 Å². The van der Waals surface area contributed by atoms with Crippen LogP contribution in [-0.2, 0) is 25.8 Å². The number of amides is 1. The summed E-state index contributed by atoms with van der Waals surface area (Å²) in [7, 11) is -3.75. The number of carbonyl (C=O) groups excluding carboxylic acids is 1. The monoisotopic (exact) mass is 646 g/mol. The van der Waals surface area contributed by atoms with Gasteiger partial charge in [-0.1, -0.05) is 78.3 Å². The quantitative estimate of drug-likeness (QED) is 0.173. The van der Waals surface area contributed by atoms with Crippen molar-refractivity contribution in [1.29, 1.82) is 0 Å². The lowest BCUT2D eigenvalue weighted by atomic mass is 9.85.